The molecule has 0 aliphatic carbocycles. The van der Waals surface area contributed by atoms with Gasteiger partial charge in [-0.2, -0.15) is 0 Å². The Morgan fingerprint density at radius 1 is 0.400 bits per heavy atom. The maximum Gasteiger partial charge on any atom is 0.0445 e. The van der Waals surface area contributed by atoms with Gasteiger partial charge in [0.05, 0.1) is 0 Å². The summed E-state index contributed by atoms with van der Waals surface area (Å²) >= 11 is 0. The first-order valence-electron chi connectivity index (χ1n) is 16.5. The van der Waals surface area contributed by atoms with Gasteiger partial charge in [-0.3, -0.25) is 0 Å². The van der Waals surface area contributed by atoms with E-state index in [0.29, 0.717) is 0 Å². The van der Waals surface area contributed by atoms with Crippen LogP contribution >= 0.6 is 0 Å². The lowest BCUT2D eigenvalue weighted by atomic mass is 9.96. The second-order valence-corrected chi connectivity index (χ2v) is 11.4. The highest BCUT2D eigenvalue weighted by Gasteiger charge is 2.15. The Bertz CT molecular complexity index is 985. The van der Waals surface area contributed by atoms with Crippen LogP contribution in [0.15, 0.2) is 72.8 Å². The molecule has 0 saturated heterocycles. The van der Waals surface area contributed by atoms with Crippen molar-refractivity contribution in [1.82, 2.24) is 0 Å². The van der Waals surface area contributed by atoms with Crippen molar-refractivity contribution in [2.24, 2.45) is 0 Å². The van der Waals surface area contributed by atoms with Crippen molar-refractivity contribution in [2.75, 3.05) is 36.0 Å². The molecule has 0 saturated carbocycles. The van der Waals surface area contributed by atoms with Crippen LogP contribution in [0.3, 0.4) is 0 Å². The van der Waals surface area contributed by atoms with Gasteiger partial charge in [0, 0.05) is 48.7 Å². The Labute approximate surface area is 246 Å². The Morgan fingerprint density at radius 2 is 0.750 bits per heavy atom. The predicted molar refractivity (Wildman–Crippen MR) is 180 cm³/mol. The van der Waals surface area contributed by atoms with Crippen LogP contribution in [0.5, 0.6) is 0 Å². The first-order chi connectivity index (χ1) is 19.7. The topological polar surface area (TPSA) is 6.48 Å². The molecule has 2 nitrogen and oxygen atoms in total. The molecule has 0 amide bonds. The molecule has 0 fully saturated rings. The van der Waals surface area contributed by atoms with Crippen LogP contribution in [0.4, 0.5) is 11.4 Å². The lowest BCUT2D eigenvalue weighted by Gasteiger charge is -2.28. The number of para-hydroxylation sites is 2. The highest BCUT2D eigenvalue weighted by atomic mass is 15.1. The van der Waals surface area contributed by atoms with Gasteiger partial charge in [-0.1, -0.05) is 134 Å². The van der Waals surface area contributed by atoms with Crippen LogP contribution in [0.25, 0.3) is 22.3 Å². The van der Waals surface area contributed by atoms with Gasteiger partial charge in [0.15, 0.2) is 0 Å². The number of rotatable bonds is 20. The summed E-state index contributed by atoms with van der Waals surface area (Å²) in [6, 6.07) is 27.5. The number of nitrogens with zero attached hydrogens (tertiary/aromatic N) is 2. The molecule has 0 aliphatic rings. The third-order valence-electron chi connectivity index (χ3n) is 8.10. The van der Waals surface area contributed by atoms with Crippen molar-refractivity contribution in [3.8, 4) is 22.3 Å². The van der Waals surface area contributed by atoms with E-state index in [1.54, 1.807) is 0 Å². The van der Waals surface area contributed by atoms with Crippen LogP contribution in [0, 0.1) is 0 Å². The van der Waals surface area contributed by atoms with Crippen molar-refractivity contribution >= 4 is 11.4 Å². The maximum atomic E-state index is 2.66. The molecule has 0 bridgehead atoms. The molecular weight excluding hydrogens is 484 g/mol. The number of hydrogen-bond donors (Lipinski definition) is 0. The van der Waals surface area contributed by atoms with E-state index in [0.717, 1.165) is 26.2 Å². The van der Waals surface area contributed by atoms with Crippen molar-refractivity contribution in [3.63, 3.8) is 0 Å². The summed E-state index contributed by atoms with van der Waals surface area (Å²) in [4.78, 5) is 5.31. The lowest BCUT2D eigenvalue weighted by molar-refractivity contribution is 0.637. The van der Waals surface area contributed by atoms with Crippen LogP contribution in [0.1, 0.15) is 105 Å². The first kappa shape index (κ1) is 31.8. The zero-order valence-corrected chi connectivity index (χ0v) is 26.1. The monoisotopic (exact) mass is 540 g/mol. The van der Waals surface area contributed by atoms with Gasteiger partial charge in [-0.05, 0) is 55.0 Å². The van der Waals surface area contributed by atoms with Crippen molar-refractivity contribution < 1.29 is 0 Å². The molecule has 0 atom stereocenters. The van der Waals surface area contributed by atoms with E-state index in [-0.39, 0.29) is 0 Å². The number of benzene rings is 3. The Kier molecular flexibility index (Phi) is 14.8. The molecular formula is C38H56N2. The fourth-order valence-electron chi connectivity index (χ4n) is 5.76. The standard InChI is InChI=1S/C38H56N2/c1-5-9-17-28-39(29-18-10-6-2)37-26-15-13-24-35(37)33-22-21-23-34(32-33)36-25-14-16-27-38(36)40(30-19-11-7-3)31-20-12-8-4/h13-16,21-27,32H,5-12,17-20,28-31H2,1-4H3. The van der Waals surface area contributed by atoms with E-state index in [1.807, 2.05) is 0 Å². The zero-order valence-electron chi connectivity index (χ0n) is 26.1. The normalized spacial score (nSPS) is 11.1. The molecule has 0 radical (unpaired) electrons. The van der Waals surface area contributed by atoms with Crippen LogP contribution < -0.4 is 9.80 Å². The fraction of sp³-hybridized carbons (Fsp3) is 0.526. The number of unbranched alkanes of at least 4 members (excludes halogenated alkanes) is 8. The summed E-state index contributed by atoms with van der Waals surface area (Å²) in [7, 11) is 0. The van der Waals surface area contributed by atoms with Crippen LogP contribution in [-0.4, -0.2) is 26.2 Å². The van der Waals surface area contributed by atoms with Crippen molar-refractivity contribution in [2.45, 2.75) is 105 Å². The van der Waals surface area contributed by atoms with Crippen molar-refractivity contribution in [3.05, 3.63) is 72.8 Å². The summed E-state index contributed by atoms with van der Waals surface area (Å²) in [5.74, 6) is 0. The number of hydrogen-bond acceptors (Lipinski definition) is 2. The number of anilines is 2. The predicted octanol–water partition coefficient (Wildman–Crippen LogP) is 11.4. The molecule has 0 heterocycles. The quantitative estimate of drug-likeness (QED) is 0.131. The second kappa shape index (κ2) is 18.6. The third kappa shape index (κ3) is 9.72. The molecule has 0 N–H and O–H groups in total. The van der Waals surface area contributed by atoms with Gasteiger partial charge >= 0.3 is 0 Å². The largest absolute Gasteiger partial charge is 0.371 e. The average Bonchev–Trinajstić information content (AvgIpc) is 3.00. The minimum absolute atomic E-state index is 1.14. The Hall–Kier alpha value is -2.74. The van der Waals surface area contributed by atoms with E-state index < -0.39 is 0 Å². The van der Waals surface area contributed by atoms with Gasteiger partial charge in [-0.15, -0.1) is 0 Å². The lowest BCUT2D eigenvalue weighted by Crippen LogP contribution is -2.26. The molecule has 0 spiro atoms. The second-order valence-electron chi connectivity index (χ2n) is 11.4. The van der Waals surface area contributed by atoms with Gasteiger partial charge in [0.2, 0.25) is 0 Å². The maximum absolute atomic E-state index is 2.66. The Morgan fingerprint density at radius 3 is 1.10 bits per heavy atom. The fourth-order valence-corrected chi connectivity index (χ4v) is 5.76. The average molecular weight is 541 g/mol. The van der Waals surface area contributed by atoms with Gasteiger partial charge in [0.1, 0.15) is 0 Å². The SMILES string of the molecule is CCCCCN(CCCCC)c1ccccc1-c1cccc(-c2ccccc2N(CCCCC)CCCCC)c1. The summed E-state index contributed by atoms with van der Waals surface area (Å²) in [5, 5.41) is 0. The molecule has 3 aromatic rings. The summed E-state index contributed by atoms with van der Waals surface area (Å²) in [6.45, 7) is 13.8. The summed E-state index contributed by atoms with van der Waals surface area (Å²) < 4.78 is 0. The van der Waals surface area contributed by atoms with Crippen molar-refractivity contribution in [1.29, 1.82) is 0 Å². The van der Waals surface area contributed by atoms with Crippen LogP contribution in [-0.2, 0) is 0 Å². The highest BCUT2D eigenvalue weighted by molar-refractivity contribution is 5.85. The molecule has 0 unspecified atom stereocenters. The van der Waals surface area contributed by atoms with Gasteiger partial charge in [0.25, 0.3) is 0 Å². The van der Waals surface area contributed by atoms with E-state index in [1.165, 1.54) is 111 Å². The summed E-state index contributed by atoms with van der Waals surface area (Å²) in [6.07, 6.45) is 15.3. The zero-order chi connectivity index (χ0) is 28.4. The molecule has 40 heavy (non-hydrogen) atoms. The minimum atomic E-state index is 1.14. The third-order valence-corrected chi connectivity index (χ3v) is 8.10. The first-order valence-corrected chi connectivity index (χ1v) is 16.5. The van der Waals surface area contributed by atoms with Crippen LogP contribution in [0.2, 0.25) is 0 Å². The van der Waals surface area contributed by atoms with Gasteiger partial charge < -0.3 is 9.80 Å². The summed E-state index contributed by atoms with van der Waals surface area (Å²) in [5.41, 5.74) is 8.14. The van der Waals surface area contributed by atoms with E-state index >= 15 is 0 Å². The van der Waals surface area contributed by atoms with Gasteiger partial charge in [-0.25, -0.2) is 0 Å². The molecule has 3 rings (SSSR count). The molecule has 0 aromatic heterocycles. The molecule has 2 heteroatoms. The molecule has 3 aromatic carbocycles. The minimum Gasteiger partial charge on any atom is -0.371 e. The smallest absolute Gasteiger partial charge is 0.0445 e. The highest BCUT2D eigenvalue weighted by Crippen LogP contribution is 2.37. The van der Waals surface area contributed by atoms with E-state index in [4.69, 9.17) is 0 Å². The molecule has 0 aliphatic heterocycles. The Balaban J connectivity index is 1.96. The molecule has 218 valence electrons. The van der Waals surface area contributed by atoms with E-state index in [9.17, 15) is 0 Å². The van der Waals surface area contributed by atoms with E-state index in [2.05, 4.69) is 110 Å².